The molecule has 4 heteroatoms. The fourth-order valence-electron chi connectivity index (χ4n) is 3.07. The van der Waals surface area contributed by atoms with E-state index in [1.165, 1.54) is 44.1 Å². The van der Waals surface area contributed by atoms with E-state index in [0.29, 0.717) is 12.6 Å². The Hall–Kier alpha value is -0.450. The van der Waals surface area contributed by atoms with Crippen LogP contribution in [0.1, 0.15) is 50.1 Å². The van der Waals surface area contributed by atoms with Crippen molar-refractivity contribution in [3.05, 3.63) is 28.5 Å². The van der Waals surface area contributed by atoms with Gasteiger partial charge in [-0.3, -0.25) is 9.88 Å². The number of pyridine rings is 1. The number of aromatic nitrogens is 1. The summed E-state index contributed by atoms with van der Waals surface area (Å²) in [6, 6.07) is 3.07. The molecule has 2 N–H and O–H groups in total. The van der Waals surface area contributed by atoms with Crippen LogP contribution in [0, 0.1) is 0 Å². The summed E-state index contributed by atoms with van der Waals surface area (Å²) in [5.41, 5.74) is 7.23. The summed E-state index contributed by atoms with van der Waals surface area (Å²) in [5, 5.41) is 0. The van der Waals surface area contributed by atoms with Gasteiger partial charge in [-0.25, -0.2) is 0 Å². The fraction of sp³-hybridized carbons (Fsp3) is 0.667. The molecule has 106 valence electrons. The number of hydrogen-bond acceptors (Lipinski definition) is 3. The van der Waals surface area contributed by atoms with E-state index >= 15 is 0 Å². The third-order valence-corrected chi connectivity index (χ3v) is 4.66. The highest BCUT2D eigenvalue weighted by Gasteiger charge is 2.24. The standard InChI is InChI=1S/C15H24BrN3/c1-19(14-6-4-2-3-5-7-14)15(9-17)12-8-13(16)11-18-10-12/h8,10-11,14-15H,2-7,9,17H2,1H3. The first-order valence-corrected chi connectivity index (χ1v) is 8.04. The zero-order chi connectivity index (χ0) is 13.7. The Labute approximate surface area is 124 Å². The first kappa shape index (κ1) is 14.9. The zero-order valence-corrected chi connectivity index (χ0v) is 13.3. The lowest BCUT2D eigenvalue weighted by Crippen LogP contribution is -2.38. The van der Waals surface area contributed by atoms with Gasteiger partial charge in [0.05, 0.1) is 0 Å². The molecule has 1 aliphatic rings. The van der Waals surface area contributed by atoms with E-state index in [9.17, 15) is 0 Å². The molecule has 1 heterocycles. The fourth-order valence-corrected chi connectivity index (χ4v) is 3.45. The van der Waals surface area contributed by atoms with Crippen molar-refractivity contribution in [2.45, 2.75) is 50.6 Å². The second-order valence-electron chi connectivity index (χ2n) is 5.50. The van der Waals surface area contributed by atoms with E-state index in [4.69, 9.17) is 5.73 Å². The van der Waals surface area contributed by atoms with Gasteiger partial charge < -0.3 is 5.73 Å². The number of hydrogen-bond donors (Lipinski definition) is 1. The second-order valence-corrected chi connectivity index (χ2v) is 6.41. The number of nitrogens with zero attached hydrogens (tertiary/aromatic N) is 2. The van der Waals surface area contributed by atoms with Gasteiger partial charge >= 0.3 is 0 Å². The summed E-state index contributed by atoms with van der Waals surface area (Å²) in [5.74, 6) is 0. The molecular weight excluding hydrogens is 302 g/mol. The van der Waals surface area contributed by atoms with Crippen molar-refractivity contribution >= 4 is 15.9 Å². The van der Waals surface area contributed by atoms with Crippen molar-refractivity contribution < 1.29 is 0 Å². The van der Waals surface area contributed by atoms with Gasteiger partial charge in [0.25, 0.3) is 0 Å². The van der Waals surface area contributed by atoms with Crippen molar-refractivity contribution in [3.8, 4) is 0 Å². The third kappa shape index (κ3) is 4.01. The molecule has 1 aromatic heterocycles. The topological polar surface area (TPSA) is 42.1 Å². The largest absolute Gasteiger partial charge is 0.329 e. The smallest absolute Gasteiger partial charge is 0.0485 e. The third-order valence-electron chi connectivity index (χ3n) is 4.23. The Morgan fingerprint density at radius 3 is 2.58 bits per heavy atom. The monoisotopic (exact) mass is 325 g/mol. The maximum atomic E-state index is 6.02. The summed E-state index contributed by atoms with van der Waals surface area (Å²) in [4.78, 5) is 6.74. The van der Waals surface area contributed by atoms with Crippen molar-refractivity contribution in [1.82, 2.24) is 9.88 Å². The van der Waals surface area contributed by atoms with E-state index in [0.717, 1.165) is 4.47 Å². The molecule has 1 aliphatic carbocycles. The minimum atomic E-state index is 0.271. The molecule has 1 atom stereocenters. The van der Waals surface area contributed by atoms with Crippen LogP contribution in [0.5, 0.6) is 0 Å². The Morgan fingerprint density at radius 1 is 1.32 bits per heavy atom. The maximum Gasteiger partial charge on any atom is 0.0485 e. The molecule has 0 aliphatic heterocycles. The van der Waals surface area contributed by atoms with Crippen LogP contribution in [0.15, 0.2) is 22.9 Å². The van der Waals surface area contributed by atoms with Gasteiger partial charge in [0.15, 0.2) is 0 Å². The molecule has 19 heavy (non-hydrogen) atoms. The highest BCUT2D eigenvalue weighted by Crippen LogP contribution is 2.28. The molecule has 1 unspecified atom stereocenters. The van der Waals surface area contributed by atoms with Crippen molar-refractivity contribution in [2.24, 2.45) is 5.73 Å². The maximum absolute atomic E-state index is 6.02. The highest BCUT2D eigenvalue weighted by molar-refractivity contribution is 9.10. The molecular formula is C15H24BrN3. The number of halogens is 1. The number of nitrogens with two attached hydrogens (primary N) is 1. The Kier molecular flexibility index (Phi) is 5.79. The van der Waals surface area contributed by atoms with Crippen LogP contribution in [0.4, 0.5) is 0 Å². The summed E-state index contributed by atoms with van der Waals surface area (Å²) in [6.07, 6.45) is 11.8. The first-order chi connectivity index (χ1) is 9.22. The van der Waals surface area contributed by atoms with E-state index in [-0.39, 0.29) is 6.04 Å². The molecule has 2 rings (SSSR count). The summed E-state index contributed by atoms with van der Waals surface area (Å²) in [7, 11) is 2.22. The average Bonchev–Trinajstić information content (AvgIpc) is 2.68. The van der Waals surface area contributed by atoms with Crippen LogP contribution in [0.25, 0.3) is 0 Å². The minimum Gasteiger partial charge on any atom is -0.329 e. The van der Waals surface area contributed by atoms with E-state index in [1.54, 1.807) is 0 Å². The van der Waals surface area contributed by atoms with Crippen LogP contribution in [-0.4, -0.2) is 29.5 Å². The van der Waals surface area contributed by atoms with Gasteiger partial charge in [-0.05, 0) is 47.4 Å². The van der Waals surface area contributed by atoms with Gasteiger partial charge in [-0.1, -0.05) is 25.7 Å². The lowest BCUT2D eigenvalue weighted by atomic mass is 10.0. The minimum absolute atomic E-state index is 0.271. The lowest BCUT2D eigenvalue weighted by Gasteiger charge is -2.34. The molecule has 3 nitrogen and oxygen atoms in total. The molecule has 1 fully saturated rings. The highest BCUT2D eigenvalue weighted by atomic mass is 79.9. The molecule has 0 bridgehead atoms. The van der Waals surface area contributed by atoms with Crippen LogP contribution >= 0.6 is 15.9 Å². The van der Waals surface area contributed by atoms with Gasteiger partial charge in [-0.15, -0.1) is 0 Å². The van der Waals surface area contributed by atoms with Gasteiger partial charge in [0.1, 0.15) is 0 Å². The Bertz CT molecular complexity index is 389. The Morgan fingerprint density at radius 2 is 2.00 bits per heavy atom. The summed E-state index contributed by atoms with van der Waals surface area (Å²) in [6.45, 7) is 0.644. The van der Waals surface area contributed by atoms with E-state index in [1.807, 2.05) is 12.4 Å². The molecule has 0 saturated heterocycles. The van der Waals surface area contributed by atoms with Gasteiger partial charge in [0.2, 0.25) is 0 Å². The molecule has 0 aromatic carbocycles. The number of rotatable bonds is 4. The zero-order valence-electron chi connectivity index (χ0n) is 11.7. The first-order valence-electron chi connectivity index (χ1n) is 7.25. The molecule has 0 spiro atoms. The van der Waals surface area contributed by atoms with Crippen molar-refractivity contribution in [1.29, 1.82) is 0 Å². The van der Waals surface area contributed by atoms with Crippen LogP contribution in [-0.2, 0) is 0 Å². The normalized spacial score (nSPS) is 19.4. The second kappa shape index (κ2) is 7.36. The summed E-state index contributed by atoms with van der Waals surface area (Å²) < 4.78 is 1.03. The van der Waals surface area contributed by atoms with Crippen molar-refractivity contribution in [3.63, 3.8) is 0 Å². The molecule has 1 aromatic rings. The predicted molar refractivity (Wildman–Crippen MR) is 83.0 cm³/mol. The van der Waals surface area contributed by atoms with Crippen LogP contribution < -0.4 is 5.73 Å². The van der Waals surface area contributed by atoms with Gasteiger partial charge in [-0.2, -0.15) is 0 Å². The average molecular weight is 326 g/mol. The van der Waals surface area contributed by atoms with Gasteiger partial charge in [0, 0.05) is 35.5 Å². The van der Waals surface area contributed by atoms with E-state index < -0.39 is 0 Å². The molecule has 0 radical (unpaired) electrons. The van der Waals surface area contributed by atoms with Crippen LogP contribution in [0.3, 0.4) is 0 Å². The predicted octanol–water partition coefficient (Wildman–Crippen LogP) is 3.50. The van der Waals surface area contributed by atoms with Crippen molar-refractivity contribution in [2.75, 3.05) is 13.6 Å². The number of likely N-dealkylation sites (N-methyl/N-ethyl adjacent to an activating group) is 1. The molecule has 0 amide bonds. The van der Waals surface area contributed by atoms with Crippen LogP contribution in [0.2, 0.25) is 0 Å². The summed E-state index contributed by atoms with van der Waals surface area (Å²) >= 11 is 3.50. The molecule has 1 saturated carbocycles. The SMILES string of the molecule is CN(C1CCCCCC1)C(CN)c1cncc(Br)c1. The van der Waals surface area contributed by atoms with E-state index in [2.05, 4.69) is 38.9 Å². The quantitative estimate of drug-likeness (QED) is 0.861. The Balaban J connectivity index is 2.11. The lowest BCUT2D eigenvalue weighted by molar-refractivity contribution is 0.161.